The van der Waals surface area contributed by atoms with Gasteiger partial charge in [0.25, 0.3) is 0 Å². The minimum absolute atomic E-state index is 0.334. The standard InChI is InChI=1S/C16H22O2/c1-13-6-3-2-4-8-14-12-15(17)9-10-16(14)18-11-5-7-13/h6,9-10,12,17H,2-5,7-8,11H2,1H3/b13-6-. The second-order valence-corrected chi connectivity index (χ2v) is 5.04. The molecule has 2 rings (SSSR count). The molecule has 0 atom stereocenters. The highest BCUT2D eigenvalue weighted by Gasteiger charge is 2.06. The fourth-order valence-electron chi connectivity index (χ4n) is 2.35. The van der Waals surface area contributed by atoms with E-state index in [0.29, 0.717) is 5.75 Å². The molecule has 2 nitrogen and oxygen atoms in total. The van der Waals surface area contributed by atoms with Crippen molar-refractivity contribution in [2.75, 3.05) is 6.61 Å². The van der Waals surface area contributed by atoms with Crippen molar-refractivity contribution in [1.82, 2.24) is 0 Å². The van der Waals surface area contributed by atoms with Crippen LogP contribution in [0.15, 0.2) is 29.8 Å². The maximum atomic E-state index is 9.55. The Morgan fingerprint density at radius 3 is 2.89 bits per heavy atom. The highest BCUT2D eigenvalue weighted by Crippen LogP contribution is 2.26. The van der Waals surface area contributed by atoms with E-state index in [1.807, 2.05) is 12.1 Å². The Morgan fingerprint density at radius 1 is 1.11 bits per heavy atom. The number of hydrogen-bond donors (Lipinski definition) is 1. The van der Waals surface area contributed by atoms with Crippen molar-refractivity contribution < 1.29 is 9.84 Å². The summed E-state index contributed by atoms with van der Waals surface area (Å²) < 4.78 is 5.83. The van der Waals surface area contributed by atoms with Gasteiger partial charge in [0, 0.05) is 0 Å². The maximum absolute atomic E-state index is 9.55. The van der Waals surface area contributed by atoms with Crippen molar-refractivity contribution in [1.29, 1.82) is 0 Å². The molecule has 1 aromatic carbocycles. The van der Waals surface area contributed by atoms with E-state index in [2.05, 4.69) is 13.0 Å². The summed E-state index contributed by atoms with van der Waals surface area (Å²) >= 11 is 0. The third kappa shape index (κ3) is 3.80. The molecule has 0 spiro atoms. The van der Waals surface area contributed by atoms with Gasteiger partial charge in [-0.05, 0) is 69.2 Å². The molecule has 0 unspecified atom stereocenters. The number of aryl methyl sites for hydroxylation is 1. The molecule has 0 radical (unpaired) electrons. The average Bonchev–Trinajstić information content (AvgIpc) is 2.34. The van der Waals surface area contributed by atoms with Gasteiger partial charge in [0.2, 0.25) is 0 Å². The van der Waals surface area contributed by atoms with Gasteiger partial charge in [-0.1, -0.05) is 11.6 Å². The van der Waals surface area contributed by atoms with Gasteiger partial charge in [0.05, 0.1) is 6.61 Å². The fourth-order valence-corrected chi connectivity index (χ4v) is 2.35. The predicted molar refractivity (Wildman–Crippen MR) is 74.1 cm³/mol. The maximum Gasteiger partial charge on any atom is 0.122 e. The highest BCUT2D eigenvalue weighted by molar-refractivity contribution is 5.39. The Labute approximate surface area is 109 Å². The zero-order valence-electron chi connectivity index (χ0n) is 11.1. The predicted octanol–water partition coefficient (Wildman–Crippen LogP) is 4.22. The summed E-state index contributed by atoms with van der Waals surface area (Å²) in [6, 6.07) is 5.43. The number of aromatic hydroxyl groups is 1. The molecule has 0 bridgehead atoms. The third-order valence-corrected chi connectivity index (χ3v) is 3.41. The molecule has 98 valence electrons. The van der Waals surface area contributed by atoms with Crippen LogP contribution in [0.5, 0.6) is 11.5 Å². The molecule has 2 heteroatoms. The lowest BCUT2D eigenvalue weighted by atomic mass is 10.0. The summed E-state index contributed by atoms with van der Waals surface area (Å²) in [6.45, 7) is 2.96. The summed E-state index contributed by atoms with van der Waals surface area (Å²) in [5, 5.41) is 9.55. The largest absolute Gasteiger partial charge is 0.508 e. The van der Waals surface area contributed by atoms with Crippen molar-refractivity contribution >= 4 is 0 Å². The second kappa shape index (κ2) is 6.48. The molecular formula is C16H22O2. The molecular weight excluding hydrogens is 224 g/mol. The van der Waals surface area contributed by atoms with E-state index in [1.165, 1.54) is 18.4 Å². The van der Waals surface area contributed by atoms with Crippen LogP contribution in [0.4, 0.5) is 0 Å². The Morgan fingerprint density at radius 2 is 2.00 bits per heavy atom. The van der Waals surface area contributed by atoms with E-state index in [-0.39, 0.29) is 0 Å². The van der Waals surface area contributed by atoms with Crippen LogP contribution in [0.1, 0.15) is 44.6 Å². The molecule has 0 aromatic heterocycles. The lowest BCUT2D eigenvalue weighted by Gasteiger charge is -2.13. The number of benzene rings is 1. The van der Waals surface area contributed by atoms with Gasteiger partial charge in [-0.25, -0.2) is 0 Å². The lowest BCUT2D eigenvalue weighted by molar-refractivity contribution is 0.306. The van der Waals surface area contributed by atoms with Gasteiger partial charge in [0.1, 0.15) is 11.5 Å². The minimum Gasteiger partial charge on any atom is -0.508 e. The van der Waals surface area contributed by atoms with Crippen LogP contribution < -0.4 is 4.74 Å². The average molecular weight is 246 g/mol. The first kappa shape index (κ1) is 13.0. The van der Waals surface area contributed by atoms with Crippen LogP contribution in [0, 0.1) is 0 Å². The normalized spacial score (nSPS) is 20.6. The summed E-state index contributed by atoms with van der Waals surface area (Å²) in [7, 11) is 0. The second-order valence-electron chi connectivity index (χ2n) is 5.04. The molecule has 0 fully saturated rings. The van der Waals surface area contributed by atoms with Crippen LogP contribution in [-0.2, 0) is 6.42 Å². The minimum atomic E-state index is 0.334. The summed E-state index contributed by atoms with van der Waals surface area (Å²) in [4.78, 5) is 0. The van der Waals surface area contributed by atoms with Gasteiger partial charge in [-0.3, -0.25) is 0 Å². The van der Waals surface area contributed by atoms with Gasteiger partial charge in [-0.2, -0.15) is 0 Å². The van der Waals surface area contributed by atoms with Gasteiger partial charge >= 0.3 is 0 Å². The smallest absolute Gasteiger partial charge is 0.122 e. The Bertz CT molecular complexity index is 421. The molecule has 1 aliphatic rings. The first-order valence-electron chi connectivity index (χ1n) is 6.86. The monoisotopic (exact) mass is 246 g/mol. The molecule has 0 saturated heterocycles. The van der Waals surface area contributed by atoms with Gasteiger partial charge < -0.3 is 9.84 Å². The van der Waals surface area contributed by atoms with Crippen molar-refractivity contribution in [2.24, 2.45) is 0 Å². The zero-order valence-corrected chi connectivity index (χ0v) is 11.1. The number of phenolic OH excluding ortho intramolecular Hbond substituents is 1. The number of hydrogen-bond acceptors (Lipinski definition) is 2. The molecule has 0 saturated carbocycles. The molecule has 1 aliphatic heterocycles. The van der Waals surface area contributed by atoms with Crippen molar-refractivity contribution in [3.8, 4) is 11.5 Å². The number of allylic oxidation sites excluding steroid dienone is 2. The van der Waals surface area contributed by atoms with E-state index >= 15 is 0 Å². The first-order chi connectivity index (χ1) is 8.75. The molecule has 1 N–H and O–H groups in total. The SMILES string of the molecule is C/C1=C/CCCCc2cc(O)ccc2OCCC1. The number of phenols is 1. The molecule has 1 aromatic rings. The Kier molecular flexibility index (Phi) is 4.68. The Hall–Kier alpha value is -1.44. The van der Waals surface area contributed by atoms with Gasteiger partial charge in [0.15, 0.2) is 0 Å². The number of fused-ring (bicyclic) bond motifs is 1. The van der Waals surface area contributed by atoms with E-state index in [1.54, 1.807) is 6.07 Å². The fraction of sp³-hybridized carbons (Fsp3) is 0.500. The van der Waals surface area contributed by atoms with Crippen LogP contribution >= 0.6 is 0 Å². The third-order valence-electron chi connectivity index (χ3n) is 3.41. The number of ether oxygens (including phenoxy) is 1. The van der Waals surface area contributed by atoms with E-state index in [9.17, 15) is 5.11 Å². The lowest BCUT2D eigenvalue weighted by Crippen LogP contribution is -2.01. The van der Waals surface area contributed by atoms with Crippen LogP contribution in [-0.4, -0.2) is 11.7 Å². The molecule has 1 heterocycles. The molecule has 0 amide bonds. The summed E-state index contributed by atoms with van der Waals surface area (Å²) in [6.07, 6.45) is 9.02. The van der Waals surface area contributed by atoms with Crippen molar-refractivity contribution in [2.45, 2.75) is 45.4 Å². The van der Waals surface area contributed by atoms with E-state index in [4.69, 9.17) is 4.74 Å². The Balaban J connectivity index is 2.08. The highest BCUT2D eigenvalue weighted by atomic mass is 16.5. The van der Waals surface area contributed by atoms with Crippen LogP contribution in [0.25, 0.3) is 0 Å². The summed E-state index contributed by atoms with van der Waals surface area (Å²) in [5.41, 5.74) is 2.61. The molecule has 18 heavy (non-hydrogen) atoms. The topological polar surface area (TPSA) is 29.5 Å². The van der Waals surface area contributed by atoms with Gasteiger partial charge in [-0.15, -0.1) is 0 Å². The summed E-state index contributed by atoms with van der Waals surface area (Å²) in [5.74, 6) is 1.27. The quantitative estimate of drug-likeness (QED) is 0.694. The van der Waals surface area contributed by atoms with Crippen molar-refractivity contribution in [3.63, 3.8) is 0 Å². The molecule has 0 aliphatic carbocycles. The van der Waals surface area contributed by atoms with Crippen LogP contribution in [0.2, 0.25) is 0 Å². The van der Waals surface area contributed by atoms with Crippen molar-refractivity contribution in [3.05, 3.63) is 35.4 Å². The van der Waals surface area contributed by atoms with E-state index < -0.39 is 0 Å². The first-order valence-corrected chi connectivity index (χ1v) is 6.86. The van der Waals surface area contributed by atoms with E-state index in [0.717, 1.165) is 43.6 Å². The number of rotatable bonds is 0. The van der Waals surface area contributed by atoms with Crippen LogP contribution in [0.3, 0.4) is 0 Å². The zero-order chi connectivity index (χ0) is 12.8.